The van der Waals surface area contributed by atoms with Crippen molar-refractivity contribution in [3.63, 3.8) is 0 Å². The lowest BCUT2D eigenvalue weighted by Gasteiger charge is -2.27. The first kappa shape index (κ1) is 17.4. The Bertz CT molecular complexity index is 631. The highest BCUT2D eigenvalue weighted by molar-refractivity contribution is 5.78. The molecule has 1 aromatic rings. The quantitative estimate of drug-likeness (QED) is 0.540. The van der Waals surface area contributed by atoms with Crippen molar-refractivity contribution in [1.82, 2.24) is 10.6 Å². The topological polar surface area (TPSA) is 98.0 Å². The molecule has 7 heteroatoms. The van der Waals surface area contributed by atoms with E-state index in [1.807, 2.05) is 24.3 Å². The third-order valence-corrected chi connectivity index (χ3v) is 4.51. The first-order chi connectivity index (χ1) is 12.2. The molecule has 2 unspecified atom stereocenters. The minimum absolute atomic E-state index is 0.0265. The second-order valence-corrected chi connectivity index (χ2v) is 6.41. The normalized spacial score (nSPS) is 20.8. The van der Waals surface area contributed by atoms with E-state index in [0.29, 0.717) is 31.6 Å². The lowest BCUT2D eigenvalue weighted by Crippen LogP contribution is -2.41. The third kappa shape index (κ3) is 4.78. The minimum Gasteiger partial charge on any atom is -0.493 e. The van der Waals surface area contributed by atoms with E-state index in [-0.39, 0.29) is 18.2 Å². The fraction of sp³-hybridized carbons (Fsp3) is 0.556. The van der Waals surface area contributed by atoms with Gasteiger partial charge in [-0.2, -0.15) is 0 Å². The molecule has 1 aliphatic carbocycles. The van der Waals surface area contributed by atoms with Crippen LogP contribution in [0.15, 0.2) is 29.3 Å². The van der Waals surface area contributed by atoms with Gasteiger partial charge in [-0.15, -0.1) is 0 Å². The van der Waals surface area contributed by atoms with Crippen LogP contribution in [0.25, 0.3) is 0 Å². The van der Waals surface area contributed by atoms with Crippen LogP contribution in [0.4, 0.5) is 4.79 Å². The first-order valence-electron chi connectivity index (χ1n) is 8.89. The van der Waals surface area contributed by atoms with Gasteiger partial charge in [-0.3, -0.25) is 4.99 Å². The van der Waals surface area contributed by atoms with E-state index in [4.69, 9.17) is 15.2 Å². The van der Waals surface area contributed by atoms with E-state index >= 15 is 0 Å². The highest BCUT2D eigenvalue weighted by Gasteiger charge is 2.32. The van der Waals surface area contributed by atoms with Gasteiger partial charge in [0.1, 0.15) is 5.75 Å². The van der Waals surface area contributed by atoms with E-state index in [1.54, 1.807) is 6.92 Å². The second kappa shape index (κ2) is 8.09. The second-order valence-electron chi connectivity index (χ2n) is 6.41. The van der Waals surface area contributed by atoms with Crippen LogP contribution in [0, 0.1) is 5.92 Å². The number of hydrogen-bond donors (Lipinski definition) is 3. The van der Waals surface area contributed by atoms with Crippen molar-refractivity contribution in [1.29, 1.82) is 0 Å². The van der Waals surface area contributed by atoms with Gasteiger partial charge in [-0.1, -0.05) is 18.2 Å². The Morgan fingerprint density at radius 1 is 1.40 bits per heavy atom. The Balaban J connectivity index is 1.57. The number of benzene rings is 1. The Morgan fingerprint density at radius 3 is 2.96 bits per heavy atom. The highest BCUT2D eigenvalue weighted by atomic mass is 16.5. The van der Waals surface area contributed by atoms with Gasteiger partial charge in [0.2, 0.25) is 0 Å². The molecule has 0 bridgehead atoms. The molecule has 25 heavy (non-hydrogen) atoms. The van der Waals surface area contributed by atoms with Gasteiger partial charge in [0.05, 0.1) is 31.8 Å². The van der Waals surface area contributed by atoms with Crippen LogP contribution < -0.4 is 21.1 Å². The van der Waals surface area contributed by atoms with Crippen molar-refractivity contribution in [3.05, 3.63) is 29.8 Å². The van der Waals surface area contributed by atoms with E-state index in [1.165, 1.54) is 0 Å². The van der Waals surface area contributed by atoms with E-state index in [9.17, 15) is 4.79 Å². The Morgan fingerprint density at radius 2 is 2.20 bits per heavy atom. The monoisotopic (exact) mass is 346 g/mol. The van der Waals surface area contributed by atoms with E-state index < -0.39 is 0 Å². The van der Waals surface area contributed by atoms with Crippen molar-refractivity contribution in [2.45, 2.75) is 38.3 Å². The molecule has 0 spiro atoms. The molecule has 1 aromatic carbocycles. The van der Waals surface area contributed by atoms with Crippen molar-refractivity contribution in [3.8, 4) is 5.75 Å². The fourth-order valence-electron chi connectivity index (χ4n) is 3.05. The number of carbonyl (C=O) groups excluding carboxylic acids is 1. The number of nitrogens with two attached hydrogens (primary N) is 1. The summed E-state index contributed by atoms with van der Waals surface area (Å²) in [7, 11) is 0. The molecular weight excluding hydrogens is 320 g/mol. The predicted octanol–water partition coefficient (Wildman–Crippen LogP) is 1.94. The molecule has 0 saturated heterocycles. The van der Waals surface area contributed by atoms with Gasteiger partial charge in [-0.25, -0.2) is 4.79 Å². The molecular formula is C18H26N4O3. The number of fused-ring (bicyclic) bond motifs is 1. The number of carbonyl (C=O) groups is 1. The summed E-state index contributed by atoms with van der Waals surface area (Å²) in [4.78, 5) is 16.1. The standard InChI is InChI=1S/C18H26N4O3/c1-2-24-18(23)22-15(12-7-8-12)11-20-17(19)21-14-9-10-25-16-6-4-3-5-13(14)16/h3-6,12,14-15H,2,7-11H2,1H3,(H,22,23)(H3,19,20,21). The largest absolute Gasteiger partial charge is 0.493 e. The molecule has 2 atom stereocenters. The maximum Gasteiger partial charge on any atom is 0.407 e. The van der Waals surface area contributed by atoms with Gasteiger partial charge in [0.25, 0.3) is 0 Å². The smallest absolute Gasteiger partial charge is 0.407 e. The maximum atomic E-state index is 11.6. The summed E-state index contributed by atoms with van der Waals surface area (Å²) in [5.74, 6) is 1.74. The molecule has 1 amide bonds. The first-order valence-corrected chi connectivity index (χ1v) is 8.89. The molecule has 1 fully saturated rings. The zero-order chi connectivity index (χ0) is 17.6. The lowest BCUT2D eigenvalue weighted by atomic mass is 10.0. The number of ether oxygens (including phenoxy) is 2. The molecule has 2 aliphatic rings. The zero-order valence-electron chi connectivity index (χ0n) is 14.5. The highest BCUT2D eigenvalue weighted by Crippen LogP contribution is 2.33. The average molecular weight is 346 g/mol. The fourth-order valence-corrected chi connectivity index (χ4v) is 3.05. The molecule has 7 nitrogen and oxygen atoms in total. The molecule has 0 aromatic heterocycles. The molecule has 1 aliphatic heterocycles. The van der Waals surface area contributed by atoms with E-state index in [2.05, 4.69) is 15.6 Å². The summed E-state index contributed by atoms with van der Waals surface area (Å²) < 4.78 is 10.6. The van der Waals surface area contributed by atoms with Crippen molar-refractivity contribution in [2.75, 3.05) is 19.8 Å². The van der Waals surface area contributed by atoms with Gasteiger partial charge in [0.15, 0.2) is 5.96 Å². The number of amides is 1. The summed E-state index contributed by atoms with van der Waals surface area (Å²) in [6.45, 7) is 3.25. The van der Waals surface area contributed by atoms with Crippen LogP contribution in [0.5, 0.6) is 5.75 Å². The van der Waals surface area contributed by atoms with Crippen LogP contribution >= 0.6 is 0 Å². The van der Waals surface area contributed by atoms with Gasteiger partial charge in [0, 0.05) is 12.0 Å². The number of rotatable bonds is 6. The number of nitrogens with one attached hydrogen (secondary N) is 2. The Hall–Kier alpha value is -2.44. The third-order valence-electron chi connectivity index (χ3n) is 4.51. The van der Waals surface area contributed by atoms with Crippen LogP contribution in [0.2, 0.25) is 0 Å². The summed E-state index contributed by atoms with van der Waals surface area (Å²) in [5, 5.41) is 6.15. The van der Waals surface area contributed by atoms with Crippen molar-refractivity contribution in [2.24, 2.45) is 16.6 Å². The zero-order valence-corrected chi connectivity index (χ0v) is 14.5. The Labute approximate surface area is 148 Å². The van der Waals surface area contributed by atoms with E-state index in [0.717, 1.165) is 30.6 Å². The van der Waals surface area contributed by atoms with Crippen LogP contribution in [0.1, 0.15) is 37.8 Å². The predicted molar refractivity (Wildman–Crippen MR) is 95.6 cm³/mol. The number of aliphatic imine (C=N–C) groups is 1. The van der Waals surface area contributed by atoms with Gasteiger partial charge >= 0.3 is 6.09 Å². The summed E-state index contributed by atoms with van der Waals surface area (Å²) in [5.41, 5.74) is 7.17. The number of hydrogen-bond acceptors (Lipinski definition) is 4. The Kier molecular flexibility index (Phi) is 5.63. The minimum atomic E-state index is -0.389. The van der Waals surface area contributed by atoms with Gasteiger partial charge in [-0.05, 0) is 31.7 Å². The van der Waals surface area contributed by atoms with Crippen LogP contribution in [-0.2, 0) is 4.74 Å². The molecule has 136 valence electrons. The number of nitrogens with zero attached hydrogens (tertiary/aromatic N) is 1. The summed E-state index contributed by atoms with van der Waals surface area (Å²) in [6, 6.07) is 8.01. The van der Waals surface area contributed by atoms with Crippen LogP contribution in [0.3, 0.4) is 0 Å². The average Bonchev–Trinajstić information content (AvgIpc) is 3.44. The molecule has 1 saturated carbocycles. The number of para-hydroxylation sites is 1. The molecule has 3 rings (SSSR count). The molecule has 0 radical (unpaired) electrons. The maximum absolute atomic E-state index is 11.6. The van der Waals surface area contributed by atoms with Crippen LogP contribution in [-0.4, -0.2) is 37.9 Å². The molecule has 1 heterocycles. The van der Waals surface area contributed by atoms with Gasteiger partial charge < -0.3 is 25.8 Å². The summed E-state index contributed by atoms with van der Waals surface area (Å²) >= 11 is 0. The number of alkyl carbamates (subject to hydrolysis) is 1. The van der Waals surface area contributed by atoms with Crippen molar-refractivity contribution >= 4 is 12.1 Å². The molecule has 4 N–H and O–H groups in total. The number of guanidine groups is 1. The van der Waals surface area contributed by atoms with Crippen molar-refractivity contribution < 1.29 is 14.3 Å². The lowest BCUT2D eigenvalue weighted by molar-refractivity contribution is 0.147. The SMILES string of the molecule is CCOC(=O)NC(CN=C(N)NC1CCOc2ccccc21)C1CC1. The summed E-state index contributed by atoms with van der Waals surface area (Å²) in [6.07, 6.45) is 2.65.